The van der Waals surface area contributed by atoms with E-state index < -0.39 is 23.9 Å². The highest BCUT2D eigenvalue weighted by atomic mass is 16.4. The first-order chi connectivity index (χ1) is 9.22. The molecule has 1 unspecified atom stereocenters. The lowest BCUT2D eigenvalue weighted by molar-refractivity contribution is -0.140. The number of carbonyl (C=O) groups excluding carboxylic acids is 2. The van der Waals surface area contributed by atoms with Crippen molar-refractivity contribution in [1.29, 1.82) is 0 Å². The van der Waals surface area contributed by atoms with Crippen molar-refractivity contribution in [3.8, 4) is 0 Å². The van der Waals surface area contributed by atoms with Crippen molar-refractivity contribution in [3.05, 3.63) is 0 Å². The summed E-state index contributed by atoms with van der Waals surface area (Å²) in [4.78, 5) is 33.8. The molecule has 20 heavy (non-hydrogen) atoms. The molecule has 0 saturated heterocycles. The van der Waals surface area contributed by atoms with Crippen LogP contribution in [0.5, 0.6) is 0 Å². The molecule has 0 aromatic carbocycles. The standard InChI is InChI=1S/C13H25N3O4/c1-8(2)5-10(12(18)19)14-7-11(17)16-13(20)15-6-9(3)4/h8-10,14H,5-7H2,1-4H3,(H,18,19)(H2,15,16,17,20). The molecule has 0 aliphatic carbocycles. The molecule has 0 aliphatic rings. The van der Waals surface area contributed by atoms with E-state index in [0.717, 1.165) is 0 Å². The van der Waals surface area contributed by atoms with Crippen molar-refractivity contribution in [2.45, 2.75) is 40.2 Å². The van der Waals surface area contributed by atoms with E-state index >= 15 is 0 Å². The topological polar surface area (TPSA) is 108 Å². The predicted molar refractivity (Wildman–Crippen MR) is 75.3 cm³/mol. The Hall–Kier alpha value is -1.63. The SMILES string of the molecule is CC(C)CNC(=O)NC(=O)CNC(CC(C)C)C(=O)O. The van der Waals surface area contributed by atoms with Gasteiger partial charge in [0.05, 0.1) is 6.54 Å². The summed E-state index contributed by atoms with van der Waals surface area (Å²) in [6, 6.07) is -1.36. The first-order valence-electron chi connectivity index (χ1n) is 6.76. The fraction of sp³-hybridized carbons (Fsp3) is 0.769. The maximum Gasteiger partial charge on any atom is 0.321 e. The van der Waals surface area contributed by atoms with Gasteiger partial charge in [-0.15, -0.1) is 0 Å². The van der Waals surface area contributed by atoms with E-state index in [0.29, 0.717) is 13.0 Å². The minimum Gasteiger partial charge on any atom is -0.480 e. The van der Waals surface area contributed by atoms with Gasteiger partial charge >= 0.3 is 12.0 Å². The Bertz CT molecular complexity index is 343. The second-order valence-corrected chi connectivity index (χ2v) is 5.55. The van der Waals surface area contributed by atoms with Crippen LogP contribution in [0.1, 0.15) is 34.1 Å². The number of carboxylic acid groups (broad SMARTS) is 1. The van der Waals surface area contributed by atoms with Gasteiger partial charge in [-0.3, -0.25) is 20.2 Å². The third kappa shape index (κ3) is 9.32. The molecule has 0 saturated carbocycles. The molecule has 0 heterocycles. The van der Waals surface area contributed by atoms with Crippen molar-refractivity contribution in [3.63, 3.8) is 0 Å². The van der Waals surface area contributed by atoms with Gasteiger partial charge in [-0.25, -0.2) is 4.79 Å². The molecule has 7 nitrogen and oxygen atoms in total. The molecule has 0 aromatic heterocycles. The van der Waals surface area contributed by atoms with Crippen molar-refractivity contribution >= 4 is 17.9 Å². The fourth-order valence-corrected chi connectivity index (χ4v) is 1.47. The maximum atomic E-state index is 11.5. The zero-order valence-electron chi connectivity index (χ0n) is 12.5. The number of imide groups is 1. The van der Waals surface area contributed by atoms with Crippen LogP contribution in [0.15, 0.2) is 0 Å². The van der Waals surface area contributed by atoms with Gasteiger partial charge in [0.25, 0.3) is 0 Å². The van der Waals surface area contributed by atoms with Crippen LogP contribution in [0.4, 0.5) is 4.79 Å². The summed E-state index contributed by atoms with van der Waals surface area (Å²) in [7, 11) is 0. The molecule has 0 bridgehead atoms. The first-order valence-corrected chi connectivity index (χ1v) is 6.76. The van der Waals surface area contributed by atoms with Crippen LogP contribution in [0.2, 0.25) is 0 Å². The lowest BCUT2D eigenvalue weighted by Crippen LogP contribution is -2.47. The fourth-order valence-electron chi connectivity index (χ4n) is 1.47. The third-order valence-electron chi connectivity index (χ3n) is 2.44. The molecule has 0 aliphatic heterocycles. The monoisotopic (exact) mass is 287 g/mol. The number of urea groups is 1. The molecule has 3 amide bonds. The minimum atomic E-state index is -1.00. The van der Waals surface area contributed by atoms with Gasteiger partial charge < -0.3 is 10.4 Å². The summed E-state index contributed by atoms with van der Waals surface area (Å²) < 4.78 is 0. The molecule has 0 aromatic rings. The molecule has 1 atom stereocenters. The van der Waals surface area contributed by atoms with Crippen molar-refractivity contribution in [2.75, 3.05) is 13.1 Å². The lowest BCUT2D eigenvalue weighted by atomic mass is 10.0. The predicted octanol–water partition coefficient (Wildman–Crippen LogP) is 0.557. The Kier molecular flexibility index (Phi) is 8.54. The molecule has 4 N–H and O–H groups in total. The average molecular weight is 287 g/mol. The van der Waals surface area contributed by atoms with Gasteiger partial charge in [-0.1, -0.05) is 27.7 Å². The van der Waals surface area contributed by atoms with E-state index in [1.807, 2.05) is 27.7 Å². The average Bonchev–Trinajstić information content (AvgIpc) is 2.31. The largest absolute Gasteiger partial charge is 0.480 e. The lowest BCUT2D eigenvalue weighted by Gasteiger charge is -2.16. The minimum absolute atomic E-state index is 0.195. The van der Waals surface area contributed by atoms with Gasteiger partial charge in [0.15, 0.2) is 0 Å². The van der Waals surface area contributed by atoms with E-state index in [-0.39, 0.29) is 18.4 Å². The van der Waals surface area contributed by atoms with Gasteiger partial charge in [0.2, 0.25) is 5.91 Å². The number of rotatable bonds is 8. The zero-order chi connectivity index (χ0) is 15.7. The summed E-state index contributed by atoms with van der Waals surface area (Å²) in [6.45, 7) is 7.94. The van der Waals surface area contributed by atoms with Crippen LogP contribution in [0.3, 0.4) is 0 Å². The normalized spacial score (nSPS) is 12.3. The Morgan fingerprint density at radius 3 is 2.10 bits per heavy atom. The molecular weight excluding hydrogens is 262 g/mol. The Labute approximate surface area is 119 Å². The number of nitrogens with one attached hydrogen (secondary N) is 3. The van der Waals surface area contributed by atoms with Crippen LogP contribution in [-0.4, -0.2) is 42.1 Å². The highest BCUT2D eigenvalue weighted by Gasteiger charge is 2.19. The smallest absolute Gasteiger partial charge is 0.321 e. The molecule has 7 heteroatoms. The molecule has 0 rings (SSSR count). The van der Waals surface area contributed by atoms with Gasteiger partial charge in [-0.05, 0) is 18.3 Å². The second kappa shape index (κ2) is 9.30. The van der Waals surface area contributed by atoms with E-state index in [1.165, 1.54) is 0 Å². The van der Waals surface area contributed by atoms with Crippen LogP contribution in [0, 0.1) is 11.8 Å². The van der Waals surface area contributed by atoms with Gasteiger partial charge in [0.1, 0.15) is 6.04 Å². The summed E-state index contributed by atoms with van der Waals surface area (Å²) >= 11 is 0. The Balaban J connectivity index is 4.07. The van der Waals surface area contributed by atoms with E-state index in [2.05, 4.69) is 16.0 Å². The van der Waals surface area contributed by atoms with E-state index in [9.17, 15) is 14.4 Å². The first kappa shape index (κ1) is 18.4. The quantitative estimate of drug-likeness (QED) is 0.521. The highest BCUT2D eigenvalue weighted by molar-refractivity contribution is 5.95. The van der Waals surface area contributed by atoms with Crippen molar-refractivity contribution in [2.24, 2.45) is 11.8 Å². The number of carbonyl (C=O) groups is 3. The van der Waals surface area contributed by atoms with Crippen LogP contribution >= 0.6 is 0 Å². The summed E-state index contributed by atoms with van der Waals surface area (Å²) in [5.74, 6) is -1.07. The number of hydrogen-bond acceptors (Lipinski definition) is 4. The molecular formula is C13H25N3O4. The Morgan fingerprint density at radius 2 is 1.65 bits per heavy atom. The Morgan fingerprint density at radius 1 is 1.05 bits per heavy atom. The number of carboxylic acids is 1. The number of aliphatic carboxylic acids is 1. The van der Waals surface area contributed by atoms with Gasteiger partial charge in [0, 0.05) is 6.54 Å². The van der Waals surface area contributed by atoms with E-state index in [1.54, 1.807) is 0 Å². The number of amides is 3. The van der Waals surface area contributed by atoms with Crippen LogP contribution < -0.4 is 16.0 Å². The van der Waals surface area contributed by atoms with Crippen molar-refractivity contribution < 1.29 is 19.5 Å². The summed E-state index contributed by atoms with van der Waals surface area (Å²) in [6.07, 6.45) is 0.419. The third-order valence-corrected chi connectivity index (χ3v) is 2.44. The van der Waals surface area contributed by atoms with Crippen LogP contribution in [-0.2, 0) is 9.59 Å². The maximum absolute atomic E-state index is 11.5. The van der Waals surface area contributed by atoms with Crippen molar-refractivity contribution in [1.82, 2.24) is 16.0 Å². The highest BCUT2D eigenvalue weighted by Crippen LogP contribution is 2.04. The molecule has 0 spiro atoms. The van der Waals surface area contributed by atoms with E-state index in [4.69, 9.17) is 5.11 Å². The second-order valence-electron chi connectivity index (χ2n) is 5.55. The molecule has 0 fully saturated rings. The molecule has 116 valence electrons. The zero-order valence-corrected chi connectivity index (χ0v) is 12.5. The summed E-state index contributed by atoms with van der Waals surface area (Å²) in [5, 5.41) is 16.3. The van der Waals surface area contributed by atoms with Gasteiger partial charge in [-0.2, -0.15) is 0 Å². The summed E-state index contributed by atoms with van der Waals surface area (Å²) in [5.41, 5.74) is 0. The molecule has 0 radical (unpaired) electrons. The van der Waals surface area contributed by atoms with Crippen LogP contribution in [0.25, 0.3) is 0 Å². The number of hydrogen-bond donors (Lipinski definition) is 4.